The van der Waals surface area contributed by atoms with Crippen molar-refractivity contribution in [3.63, 3.8) is 0 Å². The second kappa shape index (κ2) is 5.67. The minimum atomic E-state index is -0.0787. The van der Waals surface area contributed by atoms with Crippen molar-refractivity contribution in [2.24, 2.45) is 0 Å². The summed E-state index contributed by atoms with van der Waals surface area (Å²) in [5.41, 5.74) is 3.83. The quantitative estimate of drug-likeness (QED) is 0.864. The SMILES string of the molecule is Cc1ccc(C(=O)Nc2ccc([NH+](C)C)cc2)cc1. The number of hydrogen-bond acceptors (Lipinski definition) is 1. The average Bonchev–Trinajstić information content (AvgIpc) is 2.40. The highest BCUT2D eigenvalue weighted by Gasteiger charge is 2.06. The molecule has 0 radical (unpaired) electrons. The number of carbonyl (C=O) groups excluding carboxylic acids is 1. The van der Waals surface area contributed by atoms with Crippen molar-refractivity contribution < 1.29 is 9.69 Å². The third-order valence-corrected chi connectivity index (χ3v) is 3.03. The summed E-state index contributed by atoms with van der Waals surface area (Å²) in [7, 11) is 4.14. The van der Waals surface area contributed by atoms with Crippen LogP contribution < -0.4 is 10.2 Å². The molecule has 0 fully saturated rings. The molecule has 0 spiro atoms. The number of benzene rings is 2. The fourth-order valence-corrected chi connectivity index (χ4v) is 1.80. The van der Waals surface area contributed by atoms with Gasteiger partial charge in [-0.05, 0) is 31.2 Å². The Balaban J connectivity index is 2.08. The van der Waals surface area contributed by atoms with Gasteiger partial charge in [0.05, 0.1) is 14.1 Å². The van der Waals surface area contributed by atoms with Crippen LogP contribution in [0.5, 0.6) is 0 Å². The van der Waals surface area contributed by atoms with Crippen molar-refractivity contribution in [1.82, 2.24) is 0 Å². The number of carbonyl (C=O) groups is 1. The number of nitrogens with one attached hydrogen (secondary N) is 2. The zero-order valence-electron chi connectivity index (χ0n) is 11.5. The molecule has 0 aliphatic rings. The molecule has 0 heterocycles. The predicted molar refractivity (Wildman–Crippen MR) is 78.0 cm³/mol. The van der Waals surface area contributed by atoms with Crippen LogP contribution >= 0.6 is 0 Å². The molecule has 0 saturated heterocycles. The van der Waals surface area contributed by atoms with Gasteiger partial charge in [0.15, 0.2) is 0 Å². The van der Waals surface area contributed by atoms with E-state index in [4.69, 9.17) is 0 Å². The van der Waals surface area contributed by atoms with E-state index < -0.39 is 0 Å². The van der Waals surface area contributed by atoms with Crippen molar-refractivity contribution in [2.75, 3.05) is 19.4 Å². The highest BCUT2D eigenvalue weighted by atomic mass is 16.1. The number of hydrogen-bond donors (Lipinski definition) is 2. The molecule has 0 bridgehead atoms. The third kappa shape index (κ3) is 3.42. The van der Waals surface area contributed by atoms with E-state index in [0.717, 1.165) is 11.3 Å². The summed E-state index contributed by atoms with van der Waals surface area (Å²) in [6.45, 7) is 2.00. The van der Waals surface area contributed by atoms with E-state index in [1.165, 1.54) is 10.6 Å². The fraction of sp³-hybridized carbons (Fsp3) is 0.188. The van der Waals surface area contributed by atoms with Gasteiger partial charge < -0.3 is 10.2 Å². The van der Waals surface area contributed by atoms with Crippen LogP contribution in [0.3, 0.4) is 0 Å². The van der Waals surface area contributed by atoms with Crippen LogP contribution in [0.25, 0.3) is 0 Å². The monoisotopic (exact) mass is 255 g/mol. The van der Waals surface area contributed by atoms with E-state index >= 15 is 0 Å². The van der Waals surface area contributed by atoms with Gasteiger partial charge in [-0.1, -0.05) is 17.7 Å². The molecule has 2 rings (SSSR count). The van der Waals surface area contributed by atoms with E-state index in [1.807, 2.05) is 55.5 Å². The summed E-state index contributed by atoms with van der Waals surface area (Å²) >= 11 is 0. The van der Waals surface area contributed by atoms with Crippen LogP contribution in [0.4, 0.5) is 11.4 Å². The first-order chi connectivity index (χ1) is 9.06. The minimum Gasteiger partial charge on any atom is -0.322 e. The Kier molecular flexibility index (Phi) is 3.97. The van der Waals surface area contributed by atoms with Crippen LogP contribution in [0.2, 0.25) is 0 Å². The van der Waals surface area contributed by atoms with Crippen molar-refractivity contribution in [2.45, 2.75) is 6.92 Å². The van der Waals surface area contributed by atoms with E-state index in [1.54, 1.807) is 0 Å². The van der Waals surface area contributed by atoms with E-state index in [0.29, 0.717) is 5.56 Å². The Bertz CT molecular complexity index is 556. The molecule has 0 aromatic heterocycles. The molecule has 0 aliphatic heterocycles. The lowest BCUT2D eigenvalue weighted by Gasteiger charge is -2.08. The highest BCUT2D eigenvalue weighted by molar-refractivity contribution is 6.04. The molecule has 98 valence electrons. The van der Waals surface area contributed by atoms with Crippen molar-refractivity contribution in [3.8, 4) is 0 Å². The molecular formula is C16H19N2O+. The average molecular weight is 255 g/mol. The van der Waals surface area contributed by atoms with Crippen molar-refractivity contribution >= 4 is 17.3 Å². The highest BCUT2D eigenvalue weighted by Crippen LogP contribution is 2.12. The van der Waals surface area contributed by atoms with Crippen molar-refractivity contribution in [1.29, 1.82) is 0 Å². The summed E-state index contributed by atoms with van der Waals surface area (Å²) in [6, 6.07) is 15.4. The first kappa shape index (κ1) is 13.3. The van der Waals surface area contributed by atoms with Gasteiger partial charge in [-0.25, -0.2) is 0 Å². The number of aryl methyl sites for hydroxylation is 1. The lowest BCUT2D eigenvalue weighted by Crippen LogP contribution is -3.00. The number of anilines is 1. The molecule has 2 N–H and O–H groups in total. The van der Waals surface area contributed by atoms with Gasteiger partial charge in [-0.3, -0.25) is 4.79 Å². The Morgan fingerprint density at radius 3 is 2.05 bits per heavy atom. The second-order valence-electron chi connectivity index (χ2n) is 4.90. The molecular weight excluding hydrogens is 236 g/mol. The summed E-state index contributed by atoms with van der Waals surface area (Å²) < 4.78 is 0. The number of quaternary nitrogens is 1. The topological polar surface area (TPSA) is 33.5 Å². The molecule has 0 saturated carbocycles. The van der Waals surface area contributed by atoms with Crippen LogP contribution in [-0.2, 0) is 0 Å². The summed E-state index contributed by atoms with van der Waals surface area (Å²) in [5.74, 6) is -0.0787. The summed E-state index contributed by atoms with van der Waals surface area (Å²) in [5, 5.41) is 2.90. The first-order valence-electron chi connectivity index (χ1n) is 6.35. The molecule has 3 nitrogen and oxygen atoms in total. The van der Waals surface area contributed by atoms with E-state index in [9.17, 15) is 4.79 Å². The fourth-order valence-electron chi connectivity index (χ4n) is 1.80. The van der Waals surface area contributed by atoms with Gasteiger partial charge in [0.1, 0.15) is 5.69 Å². The second-order valence-corrected chi connectivity index (χ2v) is 4.90. The largest absolute Gasteiger partial charge is 0.322 e. The molecule has 2 aromatic carbocycles. The van der Waals surface area contributed by atoms with Crippen LogP contribution in [0, 0.1) is 6.92 Å². The lowest BCUT2D eigenvalue weighted by molar-refractivity contribution is -0.786. The van der Waals surface area contributed by atoms with Gasteiger partial charge >= 0.3 is 0 Å². The molecule has 0 unspecified atom stereocenters. The minimum absolute atomic E-state index is 0.0787. The Morgan fingerprint density at radius 1 is 0.947 bits per heavy atom. The Labute approximate surface area is 113 Å². The molecule has 1 amide bonds. The maximum absolute atomic E-state index is 12.0. The van der Waals surface area contributed by atoms with Gasteiger partial charge in [0.25, 0.3) is 5.91 Å². The normalized spacial score (nSPS) is 10.5. The third-order valence-electron chi connectivity index (χ3n) is 3.03. The zero-order chi connectivity index (χ0) is 13.8. The molecule has 19 heavy (non-hydrogen) atoms. The van der Waals surface area contributed by atoms with Crippen LogP contribution in [-0.4, -0.2) is 20.0 Å². The summed E-state index contributed by atoms with van der Waals surface area (Å²) in [6.07, 6.45) is 0. The van der Waals surface area contributed by atoms with Gasteiger partial charge in [-0.2, -0.15) is 0 Å². The zero-order valence-corrected chi connectivity index (χ0v) is 11.5. The molecule has 0 aliphatic carbocycles. The molecule has 0 atom stereocenters. The molecule has 3 heteroatoms. The van der Waals surface area contributed by atoms with Crippen LogP contribution in [0.1, 0.15) is 15.9 Å². The summed E-state index contributed by atoms with van der Waals surface area (Å²) in [4.78, 5) is 13.3. The maximum atomic E-state index is 12.0. The first-order valence-corrected chi connectivity index (χ1v) is 6.35. The Hall–Kier alpha value is -2.13. The van der Waals surface area contributed by atoms with E-state index in [-0.39, 0.29) is 5.91 Å². The lowest BCUT2D eigenvalue weighted by atomic mass is 10.1. The van der Waals surface area contributed by atoms with Gasteiger partial charge in [0, 0.05) is 23.4 Å². The predicted octanol–water partition coefficient (Wildman–Crippen LogP) is 2.02. The number of rotatable bonds is 3. The molecule has 2 aromatic rings. The van der Waals surface area contributed by atoms with Gasteiger partial charge in [0.2, 0.25) is 0 Å². The van der Waals surface area contributed by atoms with Crippen LogP contribution in [0.15, 0.2) is 48.5 Å². The van der Waals surface area contributed by atoms with Gasteiger partial charge in [-0.15, -0.1) is 0 Å². The smallest absolute Gasteiger partial charge is 0.255 e. The Morgan fingerprint density at radius 2 is 1.53 bits per heavy atom. The van der Waals surface area contributed by atoms with E-state index in [2.05, 4.69) is 19.4 Å². The maximum Gasteiger partial charge on any atom is 0.255 e. The standard InChI is InChI=1S/C16H18N2O/c1-12-4-6-13(7-5-12)16(19)17-14-8-10-15(11-9-14)18(2)3/h4-11H,1-3H3,(H,17,19)/p+1. The number of amides is 1. The van der Waals surface area contributed by atoms with Crippen molar-refractivity contribution in [3.05, 3.63) is 59.7 Å².